The lowest BCUT2D eigenvalue weighted by Crippen LogP contribution is -2.29. The quantitative estimate of drug-likeness (QED) is 0.520. The molecule has 1 aliphatic rings. The fourth-order valence-electron chi connectivity index (χ4n) is 2.23. The van der Waals surface area contributed by atoms with Crippen molar-refractivity contribution in [3.05, 3.63) is 68.1 Å². The highest BCUT2D eigenvalue weighted by Crippen LogP contribution is 2.22. The van der Waals surface area contributed by atoms with Crippen molar-refractivity contribution < 1.29 is 9.59 Å². The van der Waals surface area contributed by atoms with Crippen molar-refractivity contribution in [3.63, 3.8) is 0 Å². The van der Waals surface area contributed by atoms with E-state index in [-0.39, 0.29) is 18.4 Å². The van der Waals surface area contributed by atoms with E-state index in [1.54, 1.807) is 24.3 Å². The van der Waals surface area contributed by atoms with Crippen molar-refractivity contribution in [2.75, 3.05) is 6.54 Å². The molecule has 0 aromatic heterocycles. The van der Waals surface area contributed by atoms with Crippen LogP contribution in [0.15, 0.2) is 51.4 Å². The molecular weight excluding hydrogens is 410 g/mol. The number of amides is 2. The standard InChI is InChI=1S/C17H9Br2NO2/c18-12-8-11(9-13(19)10-12)4-3-7-20-16(21)14-5-1-2-6-15(14)17(20)22/h1-2,5-6,8-10H,7H2. The lowest BCUT2D eigenvalue weighted by Gasteiger charge is -2.08. The van der Waals surface area contributed by atoms with Gasteiger partial charge in [-0.2, -0.15) is 0 Å². The Balaban J connectivity index is 1.80. The second-order valence-electron chi connectivity index (χ2n) is 4.70. The van der Waals surface area contributed by atoms with E-state index in [2.05, 4.69) is 43.7 Å². The normalized spacial score (nSPS) is 12.9. The van der Waals surface area contributed by atoms with E-state index in [0.717, 1.165) is 14.5 Å². The first-order chi connectivity index (χ1) is 10.6. The van der Waals surface area contributed by atoms with E-state index in [9.17, 15) is 9.59 Å². The molecule has 3 nitrogen and oxygen atoms in total. The van der Waals surface area contributed by atoms with Gasteiger partial charge in [0.1, 0.15) is 0 Å². The molecule has 5 heteroatoms. The van der Waals surface area contributed by atoms with Gasteiger partial charge in [-0.1, -0.05) is 55.8 Å². The Morgan fingerprint density at radius 3 is 2.00 bits per heavy atom. The van der Waals surface area contributed by atoms with Gasteiger partial charge in [0.2, 0.25) is 0 Å². The van der Waals surface area contributed by atoms with Crippen LogP contribution in [0.5, 0.6) is 0 Å². The molecule has 0 fully saturated rings. The maximum atomic E-state index is 12.2. The van der Waals surface area contributed by atoms with E-state index in [1.165, 1.54) is 4.90 Å². The van der Waals surface area contributed by atoms with Crippen LogP contribution >= 0.6 is 31.9 Å². The first kappa shape index (κ1) is 15.0. The molecule has 0 bridgehead atoms. The van der Waals surface area contributed by atoms with Crippen molar-refractivity contribution in [1.29, 1.82) is 0 Å². The lowest BCUT2D eigenvalue weighted by atomic mass is 10.1. The largest absolute Gasteiger partial charge is 0.269 e. The summed E-state index contributed by atoms with van der Waals surface area (Å²) >= 11 is 6.79. The number of fused-ring (bicyclic) bond motifs is 1. The van der Waals surface area contributed by atoms with E-state index in [4.69, 9.17) is 0 Å². The summed E-state index contributed by atoms with van der Waals surface area (Å²) in [7, 11) is 0. The monoisotopic (exact) mass is 417 g/mol. The second-order valence-corrected chi connectivity index (χ2v) is 6.53. The zero-order valence-corrected chi connectivity index (χ0v) is 14.4. The maximum Gasteiger partial charge on any atom is 0.262 e. The summed E-state index contributed by atoms with van der Waals surface area (Å²) in [5, 5.41) is 0. The van der Waals surface area contributed by atoms with Gasteiger partial charge in [-0.05, 0) is 30.3 Å². The summed E-state index contributed by atoms with van der Waals surface area (Å²) in [5.41, 5.74) is 1.69. The van der Waals surface area contributed by atoms with Crippen LogP contribution in [0.1, 0.15) is 26.3 Å². The molecular formula is C17H9Br2NO2. The SMILES string of the molecule is O=C1c2ccccc2C(=O)N1CC#Cc1cc(Br)cc(Br)c1. The Bertz CT molecular complexity index is 794. The number of carbonyl (C=O) groups is 2. The Morgan fingerprint density at radius 1 is 0.909 bits per heavy atom. The minimum Gasteiger partial charge on any atom is -0.269 e. The van der Waals surface area contributed by atoms with E-state index < -0.39 is 0 Å². The molecule has 0 saturated carbocycles. The Hall–Kier alpha value is -1.90. The van der Waals surface area contributed by atoms with Gasteiger partial charge >= 0.3 is 0 Å². The van der Waals surface area contributed by atoms with Crippen LogP contribution in [-0.2, 0) is 0 Å². The number of imide groups is 1. The Kier molecular flexibility index (Phi) is 4.14. The third-order valence-corrected chi connectivity index (χ3v) is 4.13. The van der Waals surface area contributed by atoms with Crippen LogP contribution in [0.2, 0.25) is 0 Å². The topological polar surface area (TPSA) is 37.4 Å². The van der Waals surface area contributed by atoms with Crippen LogP contribution in [0.4, 0.5) is 0 Å². The number of benzene rings is 2. The third-order valence-electron chi connectivity index (χ3n) is 3.21. The van der Waals surface area contributed by atoms with E-state index >= 15 is 0 Å². The smallest absolute Gasteiger partial charge is 0.262 e. The minimum atomic E-state index is -0.287. The molecule has 2 aromatic rings. The first-order valence-corrected chi connectivity index (χ1v) is 8.05. The van der Waals surface area contributed by atoms with E-state index in [1.807, 2.05) is 18.2 Å². The number of halogens is 2. The number of rotatable bonds is 1. The molecule has 0 saturated heterocycles. The average molecular weight is 419 g/mol. The predicted octanol–water partition coefficient (Wildman–Crippen LogP) is 3.86. The molecule has 22 heavy (non-hydrogen) atoms. The van der Waals surface area contributed by atoms with Crippen molar-refractivity contribution in [2.45, 2.75) is 0 Å². The lowest BCUT2D eigenvalue weighted by molar-refractivity contribution is 0.0675. The summed E-state index contributed by atoms with van der Waals surface area (Å²) in [6.07, 6.45) is 0. The Morgan fingerprint density at radius 2 is 1.45 bits per heavy atom. The van der Waals surface area contributed by atoms with Gasteiger partial charge in [0.05, 0.1) is 17.7 Å². The zero-order chi connectivity index (χ0) is 15.7. The van der Waals surface area contributed by atoms with Gasteiger partial charge in [-0.15, -0.1) is 0 Å². The summed E-state index contributed by atoms with van der Waals surface area (Å²) in [4.78, 5) is 25.5. The fourth-order valence-corrected chi connectivity index (χ4v) is 3.52. The van der Waals surface area contributed by atoms with Crippen molar-refractivity contribution in [2.24, 2.45) is 0 Å². The summed E-state index contributed by atoms with van der Waals surface area (Å²) < 4.78 is 1.82. The van der Waals surface area contributed by atoms with Gasteiger partial charge in [0, 0.05) is 14.5 Å². The summed E-state index contributed by atoms with van der Waals surface area (Å²) in [5.74, 6) is 5.28. The highest BCUT2D eigenvalue weighted by atomic mass is 79.9. The third kappa shape index (κ3) is 2.85. The molecule has 1 heterocycles. The fraction of sp³-hybridized carbons (Fsp3) is 0.0588. The molecule has 108 valence electrons. The molecule has 0 N–H and O–H groups in total. The van der Waals surface area contributed by atoms with Gasteiger partial charge in [0.15, 0.2) is 0 Å². The van der Waals surface area contributed by atoms with Crippen molar-refractivity contribution in [1.82, 2.24) is 4.90 Å². The molecule has 0 atom stereocenters. The number of carbonyl (C=O) groups excluding carboxylic acids is 2. The molecule has 3 rings (SSSR count). The van der Waals surface area contributed by atoms with Crippen LogP contribution < -0.4 is 0 Å². The maximum absolute atomic E-state index is 12.2. The number of nitrogens with zero attached hydrogens (tertiary/aromatic N) is 1. The second kappa shape index (κ2) is 6.07. The molecule has 0 unspecified atom stereocenters. The van der Waals surface area contributed by atoms with Crippen LogP contribution in [0.25, 0.3) is 0 Å². The van der Waals surface area contributed by atoms with E-state index in [0.29, 0.717) is 11.1 Å². The molecule has 1 aliphatic heterocycles. The van der Waals surface area contributed by atoms with Crippen LogP contribution in [0, 0.1) is 11.8 Å². The number of hydrogen-bond donors (Lipinski definition) is 0. The van der Waals surface area contributed by atoms with Gasteiger partial charge < -0.3 is 0 Å². The van der Waals surface area contributed by atoms with Gasteiger partial charge in [-0.3, -0.25) is 14.5 Å². The summed E-state index contributed by atoms with van der Waals surface area (Å²) in [6, 6.07) is 12.5. The van der Waals surface area contributed by atoms with Gasteiger partial charge in [0.25, 0.3) is 11.8 Å². The van der Waals surface area contributed by atoms with Gasteiger partial charge in [-0.25, -0.2) is 0 Å². The Labute approximate surface area is 144 Å². The van der Waals surface area contributed by atoms with Crippen molar-refractivity contribution in [3.8, 4) is 11.8 Å². The zero-order valence-electron chi connectivity index (χ0n) is 11.3. The highest BCUT2D eigenvalue weighted by molar-refractivity contribution is 9.11. The van der Waals surface area contributed by atoms with Crippen molar-refractivity contribution >= 4 is 43.7 Å². The molecule has 0 spiro atoms. The highest BCUT2D eigenvalue weighted by Gasteiger charge is 2.34. The van der Waals surface area contributed by atoms with Crippen LogP contribution in [0.3, 0.4) is 0 Å². The average Bonchev–Trinajstić information content (AvgIpc) is 2.72. The van der Waals surface area contributed by atoms with Crippen LogP contribution in [-0.4, -0.2) is 23.3 Å². The predicted molar refractivity (Wildman–Crippen MR) is 90.5 cm³/mol. The molecule has 2 aromatic carbocycles. The molecule has 0 aliphatic carbocycles. The first-order valence-electron chi connectivity index (χ1n) is 6.46. The number of hydrogen-bond acceptors (Lipinski definition) is 2. The minimum absolute atomic E-state index is 0.0798. The molecule has 0 radical (unpaired) electrons. The summed E-state index contributed by atoms with van der Waals surface area (Å²) in [6.45, 7) is 0.0798. The molecule has 2 amide bonds.